The zero-order valence-corrected chi connectivity index (χ0v) is 26.5. The molecule has 0 saturated carbocycles. The summed E-state index contributed by atoms with van der Waals surface area (Å²) in [6.07, 6.45) is 3.70. The lowest BCUT2D eigenvalue weighted by molar-refractivity contribution is -0.132. The zero-order chi connectivity index (χ0) is 31.5. The smallest absolute Gasteiger partial charge is 0.301 e. The van der Waals surface area contributed by atoms with Crippen molar-refractivity contribution < 1.29 is 28.6 Å². The summed E-state index contributed by atoms with van der Waals surface area (Å²) in [4.78, 5) is 28.7. The highest BCUT2D eigenvalue weighted by Crippen LogP contribution is 2.45. The van der Waals surface area contributed by atoms with Gasteiger partial charge in [0.25, 0.3) is 5.78 Å². The third-order valence-corrected chi connectivity index (χ3v) is 9.81. The number of aliphatic hydroxyl groups is 1. The Balaban J connectivity index is 1.37. The number of carbonyl (C=O) groups is 2. The topological polar surface area (TPSA) is 102 Å². The van der Waals surface area contributed by atoms with Gasteiger partial charge >= 0.3 is 5.91 Å². The maximum Gasteiger partial charge on any atom is 0.301 e. The summed E-state index contributed by atoms with van der Waals surface area (Å²) in [5, 5.41) is 20.4. The fraction of sp³-hybridized carbons (Fsp3) is 0.294. The Morgan fingerprint density at radius 3 is 2.73 bits per heavy atom. The molecule has 1 saturated heterocycles. The number of Topliss-reactive ketones (excluding diaryl/α,β-unsaturated/α-hetero) is 1. The van der Waals surface area contributed by atoms with E-state index in [0.29, 0.717) is 40.0 Å². The molecule has 11 heteroatoms. The van der Waals surface area contributed by atoms with Crippen molar-refractivity contribution in [2.75, 3.05) is 11.5 Å². The van der Waals surface area contributed by atoms with Crippen molar-refractivity contribution in [2.45, 2.75) is 61.8 Å². The number of carbonyl (C=O) groups excluding carboxylic acids is 2. The second kappa shape index (κ2) is 13.4. The third-order valence-electron chi connectivity index (χ3n) is 7.68. The number of aromatic nitrogens is 2. The number of anilines is 1. The molecular formula is C34H32FN3O5S2. The first-order valence-corrected chi connectivity index (χ1v) is 16.7. The van der Waals surface area contributed by atoms with Crippen LogP contribution in [0.3, 0.4) is 0 Å². The first-order chi connectivity index (χ1) is 21.8. The maximum absolute atomic E-state index is 13.7. The average Bonchev–Trinajstić information content (AvgIpc) is 3.73. The Morgan fingerprint density at radius 2 is 1.93 bits per heavy atom. The largest absolute Gasteiger partial charge is 0.507 e. The van der Waals surface area contributed by atoms with E-state index in [1.807, 2.05) is 19.1 Å². The van der Waals surface area contributed by atoms with Gasteiger partial charge in [-0.15, -0.1) is 10.2 Å². The van der Waals surface area contributed by atoms with Crippen LogP contribution in [0.1, 0.15) is 61.4 Å². The van der Waals surface area contributed by atoms with Crippen molar-refractivity contribution in [3.8, 4) is 11.5 Å². The third kappa shape index (κ3) is 6.60. The monoisotopic (exact) mass is 645 g/mol. The Labute approximate surface area is 268 Å². The summed E-state index contributed by atoms with van der Waals surface area (Å²) in [5.74, 6) is -0.333. The molecule has 45 heavy (non-hydrogen) atoms. The molecule has 0 spiro atoms. The minimum absolute atomic E-state index is 0.00979. The van der Waals surface area contributed by atoms with Gasteiger partial charge in [-0.05, 0) is 72.5 Å². The molecule has 4 aromatic rings. The van der Waals surface area contributed by atoms with Gasteiger partial charge in [-0.25, -0.2) is 4.39 Å². The number of hydrogen-bond acceptors (Lipinski definition) is 9. The second-order valence-corrected chi connectivity index (χ2v) is 13.2. The van der Waals surface area contributed by atoms with Gasteiger partial charge in [0.05, 0.1) is 18.2 Å². The number of unbranched alkanes of at least 4 members (excludes halogenated alkanes) is 2. The second-order valence-electron chi connectivity index (χ2n) is 11.0. The van der Waals surface area contributed by atoms with Crippen LogP contribution >= 0.6 is 23.1 Å². The van der Waals surface area contributed by atoms with Crippen LogP contribution in [0.5, 0.6) is 11.5 Å². The number of rotatable bonds is 11. The van der Waals surface area contributed by atoms with Gasteiger partial charge in [-0.1, -0.05) is 67.1 Å². The molecule has 0 unspecified atom stereocenters. The first kappa shape index (κ1) is 30.8. The molecule has 0 bridgehead atoms. The number of nitrogens with zero attached hydrogens (tertiary/aromatic N) is 3. The van der Waals surface area contributed by atoms with Crippen molar-refractivity contribution in [1.82, 2.24) is 10.2 Å². The summed E-state index contributed by atoms with van der Waals surface area (Å²) in [5.41, 5.74) is 2.81. The van der Waals surface area contributed by atoms with Crippen molar-refractivity contribution in [1.29, 1.82) is 0 Å². The predicted molar refractivity (Wildman–Crippen MR) is 172 cm³/mol. The van der Waals surface area contributed by atoms with Crippen molar-refractivity contribution in [3.05, 3.63) is 100 Å². The number of ether oxygens (including phenoxy) is 2. The van der Waals surface area contributed by atoms with Crippen molar-refractivity contribution in [2.24, 2.45) is 0 Å². The molecule has 1 aromatic heterocycles. The standard InChI is InChI=1S/C34H32FN3O5S2/c1-3-4-5-15-42-26-8-6-7-22(18-26)29-28(30(39)23-11-14-27-24(17-23)16-20(2)43-27)31(40)32(41)38(29)33-36-37-34(45-33)44-19-21-9-12-25(35)13-10-21/h6-14,17-18,20,29,39H,3-5,15-16,19H2,1-2H3/b30-28+/t20-,29-/m1/s1. The molecule has 3 aromatic carbocycles. The van der Waals surface area contributed by atoms with E-state index in [9.17, 15) is 19.1 Å². The number of hydrogen-bond donors (Lipinski definition) is 1. The van der Waals surface area contributed by atoms with E-state index in [4.69, 9.17) is 9.47 Å². The fourth-order valence-corrected chi connectivity index (χ4v) is 7.29. The molecule has 0 aliphatic carbocycles. The van der Waals surface area contributed by atoms with E-state index in [2.05, 4.69) is 17.1 Å². The SMILES string of the molecule is CCCCCOc1cccc([C@@H]2/C(=C(\O)c3ccc4c(c3)C[C@@H](C)O4)C(=O)C(=O)N2c2nnc(SCc3ccc(F)cc3)s2)c1. The molecule has 8 nitrogen and oxygen atoms in total. The summed E-state index contributed by atoms with van der Waals surface area (Å²) >= 11 is 2.57. The van der Waals surface area contributed by atoms with E-state index in [-0.39, 0.29) is 28.4 Å². The Morgan fingerprint density at radius 1 is 1.11 bits per heavy atom. The van der Waals surface area contributed by atoms with Crippen LogP contribution in [0.25, 0.3) is 5.76 Å². The quantitative estimate of drug-likeness (QED) is 0.0447. The van der Waals surface area contributed by atoms with Gasteiger partial charge < -0.3 is 14.6 Å². The lowest BCUT2D eigenvalue weighted by Gasteiger charge is -2.23. The van der Waals surface area contributed by atoms with E-state index in [1.165, 1.54) is 40.1 Å². The Hall–Kier alpha value is -4.22. The minimum Gasteiger partial charge on any atom is -0.507 e. The zero-order valence-electron chi connectivity index (χ0n) is 24.9. The molecular weight excluding hydrogens is 614 g/mol. The molecule has 2 aliphatic rings. The molecule has 2 aliphatic heterocycles. The van der Waals surface area contributed by atoms with Gasteiger partial charge in [0.15, 0.2) is 4.34 Å². The lowest BCUT2D eigenvalue weighted by Crippen LogP contribution is -2.29. The fourth-order valence-electron chi connectivity index (χ4n) is 5.47. The van der Waals surface area contributed by atoms with E-state index < -0.39 is 17.7 Å². The predicted octanol–water partition coefficient (Wildman–Crippen LogP) is 7.49. The summed E-state index contributed by atoms with van der Waals surface area (Å²) in [7, 11) is 0. The first-order valence-electron chi connectivity index (χ1n) is 14.9. The van der Waals surface area contributed by atoms with Crippen LogP contribution < -0.4 is 14.4 Å². The number of thioether (sulfide) groups is 1. The van der Waals surface area contributed by atoms with Crippen molar-refractivity contribution in [3.63, 3.8) is 0 Å². The number of halogens is 1. The summed E-state index contributed by atoms with van der Waals surface area (Å²) in [6.45, 7) is 4.63. The highest BCUT2D eigenvalue weighted by atomic mass is 32.2. The number of amides is 1. The van der Waals surface area contributed by atoms with E-state index in [1.54, 1.807) is 42.5 Å². The van der Waals surface area contributed by atoms with Gasteiger partial charge in [-0.2, -0.15) is 0 Å². The lowest BCUT2D eigenvalue weighted by atomic mass is 9.94. The minimum atomic E-state index is -0.962. The molecule has 0 radical (unpaired) electrons. The molecule has 232 valence electrons. The van der Waals surface area contributed by atoms with Crippen molar-refractivity contribution >= 4 is 45.7 Å². The number of fused-ring (bicyclic) bond motifs is 1. The van der Waals surface area contributed by atoms with Crippen LogP contribution in [0, 0.1) is 5.82 Å². The van der Waals surface area contributed by atoms with Crippen LogP contribution in [0.15, 0.2) is 76.6 Å². The van der Waals surface area contributed by atoms with Gasteiger partial charge in [-0.3, -0.25) is 14.5 Å². The highest BCUT2D eigenvalue weighted by molar-refractivity contribution is 8.00. The Bertz CT molecular complexity index is 1760. The van der Waals surface area contributed by atoms with Crippen LogP contribution in [-0.2, 0) is 21.8 Å². The Kier molecular flexibility index (Phi) is 9.18. The number of ketones is 1. The summed E-state index contributed by atoms with van der Waals surface area (Å²) in [6, 6.07) is 17.8. The van der Waals surface area contributed by atoms with Crippen LogP contribution in [0.2, 0.25) is 0 Å². The molecule has 6 rings (SSSR count). The number of aliphatic hydroxyl groups excluding tert-OH is 1. The molecule has 2 atom stereocenters. The van der Waals surface area contributed by atoms with Gasteiger partial charge in [0, 0.05) is 17.7 Å². The molecule has 1 fully saturated rings. The van der Waals surface area contributed by atoms with E-state index in [0.717, 1.165) is 36.1 Å². The molecule has 3 heterocycles. The van der Waals surface area contributed by atoms with Crippen LogP contribution in [0.4, 0.5) is 9.52 Å². The maximum atomic E-state index is 13.7. The summed E-state index contributed by atoms with van der Waals surface area (Å²) < 4.78 is 25.7. The number of benzene rings is 3. The normalized spacial score (nSPS) is 18.7. The average molecular weight is 646 g/mol. The molecule has 1 N–H and O–H groups in total. The van der Waals surface area contributed by atoms with Gasteiger partial charge in [0.2, 0.25) is 5.13 Å². The van der Waals surface area contributed by atoms with Crippen LogP contribution in [-0.4, -0.2) is 39.7 Å². The van der Waals surface area contributed by atoms with Gasteiger partial charge in [0.1, 0.15) is 29.2 Å². The van der Waals surface area contributed by atoms with E-state index >= 15 is 0 Å². The molecule has 1 amide bonds. The highest BCUT2D eigenvalue weighted by Gasteiger charge is 2.48.